The molecule has 0 aliphatic heterocycles. The predicted octanol–water partition coefficient (Wildman–Crippen LogP) is 6.96. The minimum Gasteiger partial charge on any atom is -0.497 e. The van der Waals surface area contributed by atoms with E-state index in [2.05, 4.69) is 47.4 Å². The van der Waals surface area contributed by atoms with Crippen molar-refractivity contribution in [1.29, 1.82) is 0 Å². The highest BCUT2D eigenvalue weighted by Gasteiger charge is 2.21. The number of aliphatic carboxylic acids is 1. The molecule has 1 aliphatic rings. The van der Waals surface area contributed by atoms with Crippen LogP contribution in [0.5, 0.6) is 5.75 Å². The van der Waals surface area contributed by atoms with Gasteiger partial charge in [-0.1, -0.05) is 59.9 Å². The van der Waals surface area contributed by atoms with E-state index in [0.29, 0.717) is 29.6 Å². The molecule has 1 heterocycles. The number of methoxy groups -OCH3 is 1. The van der Waals surface area contributed by atoms with Crippen LogP contribution in [0, 0.1) is 11.7 Å². The maximum absolute atomic E-state index is 14.4. The number of nitrogens with zero attached hydrogens (tertiary/aromatic N) is 2. The summed E-state index contributed by atoms with van der Waals surface area (Å²) in [6.07, 6.45) is 4.92. The molecule has 1 N–H and O–H groups in total. The van der Waals surface area contributed by atoms with Crippen LogP contribution in [0.3, 0.4) is 0 Å². The van der Waals surface area contributed by atoms with Gasteiger partial charge in [0.05, 0.1) is 23.2 Å². The van der Waals surface area contributed by atoms with Crippen LogP contribution in [-0.4, -0.2) is 29.7 Å². The van der Waals surface area contributed by atoms with Crippen LogP contribution < -0.4 is 9.64 Å². The van der Waals surface area contributed by atoms with Crippen LogP contribution >= 0.6 is 11.3 Å². The zero-order valence-electron chi connectivity index (χ0n) is 20.7. The first-order chi connectivity index (χ1) is 18.0. The lowest BCUT2D eigenvalue weighted by molar-refractivity contribution is -0.141. The summed E-state index contributed by atoms with van der Waals surface area (Å²) in [5, 5.41) is 10.0. The van der Waals surface area contributed by atoms with Crippen molar-refractivity contribution in [3.8, 4) is 5.75 Å². The third kappa shape index (κ3) is 5.83. The van der Waals surface area contributed by atoms with Gasteiger partial charge in [0.1, 0.15) is 11.6 Å². The smallest absolute Gasteiger partial charge is 0.306 e. The third-order valence-electron chi connectivity index (χ3n) is 6.91. The molecule has 0 saturated heterocycles. The number of rotatable bonds is 9. The van der Waals surface area contributed by atoms with Crippen molar-refractivity contribution >= 4 is 38.2 Å². The molecule has 5 nitrogen and oxygen atoms in total. The van der Waals surface area contributed by atoms with Gasteiger partial charge in [-0.05, 0) is 72.2 Å². The Morgan fingerprint density at radius 2 is 1.86 bits per heavy atom. The Bertz CT molecular complexity index is 1410. The topological polar surface area (TPSA) is 62.7 Å². The Balaban J connectivity index is 1.35. The van der Waals surface area contributed by atoms with Gasteiger partial charge in [-0.15, -0.1) is 0 Å². The van der Waals surface area contributed by atoms with E-state index in [-0.39, 0.29) is 11.7 Å². The molecule has 37 heavy (non-hydrogen) atoms. The van der Waals surface area contributed by atoms with Crippen molar-refractivity contribution < 1.29 is 19.0 Å². The van der Waals surface area contributed by atoms with Gasteiger partial charge < -0.3 is 14.7 Å². The van der Waals surface area contributed by atoms with E-state index in [4.69, 9.17) is 9.72 Å². The molecular formula is C30H29FN2O3S. The van der Waals surface area contributed by atoms with Crippen molar-refractivity contribution in [2.45, 2.75) is 32.2 Å². The molecule has 1 aromatic heterocycles. The molecule has 0 spiro atoms. The SMILES string of the molecule is COc1ccc(CCN(Cc2ccc(C3=CCC(C(=O)O)CC3)cc2)c2nc3cccc(F)c3s2)cc1. The molecular weight excluding hydrogens is 487 g/mol. The zero-order chi connectivity index (χ0) is 25.8. The van der Waals surface area contributed by atoms with Crippen LogP contribution in [0.25, 0.3) is 15.8 Å². The monoisotopic (exact) mass is 516 g/mol. The number of carboxylic acid groups (broad SMARTS) is 1. The minimum atomic E-state index is -0.713. The number of aromatic nitrogens is 1. The Kier molecular flexibility index (Phi) is 7.51. The molecule has 7 heteroatoms. The molecule has 0 radical (unpaired) electrons. The summed E-state index contributed by atoms with van der Waals surface area (Å²) in [6.45, 7) is 1.38. The Labute approximate surface area is 219 Å². The summed E-state index contributed by atoms with van der Waals surface area (Å²) in [5.41, 5.74) is 5.35. The number of halogens is 1. The van der Waals surface area contributed by atoms with Gasteiger partial charge in [0, 0.05) is 13.1 Å². The molecule has 0 saturated carbocycles. The van der Waals surface area contributed by atoms with Crippen LogP contribution in [0.15, 0.2) is 72.8 Å². The van der Waals surface area contributed by atoms with Gasteiger partial charge in [0.2, 0.25) is 0 Å². The van der Waals surface area contributed by atoms with Crippen molar-refractivity contribution in [3.05, 3.63) is 95.3 Å². The van der Waals surface area contributed by atoms with E-state index >= 15 is 0 Å². The summed E-state index contributed by atoms with van der Waals surface area (Å²) in [6, 6.07) is 21.5. The number of hydrogen-bond acceptors (Lipinski definition) is 5. The van der Waals surface area contributed by atoms with Gasteiger partial charge in [-0.2, -0.15) is 0 Å². The van der Waals surface area contributed by atoms with Crippen molar-refractivity contribution in [3.63, 3.8) is 0 Å². The van der Waals surface area contributed by atoms with E-state index in [9.17, 15) is 14.3 Å². The molecule has 1 unspecified atom stereocenters. The number of carboxylic acids is 1. The highest BCUT2D eigenvalue weighted by molar-refractivity contribution is 7.22. The summed E-state index contributed by atoms with van der Waals surface area (Å²) < 4.78 is 20.3. The van der Waals surface area contributed by atoms with Crippen molar-refractivity contribution in [2.75, 3.05) is 18.6 Å². The quantitative estimate of drug-likeness (QED) is 0.261. The first kappa shape index (κ1) is 25.0. The first-order valence-electron chi connectivity index (χ1n) is 12.4. The van der Waals surface area contributed by atoms with Crippen LogP contribution in [-0.2, 0) is 17.8 Å². The Morgan fingerprint density at radius 1 is 1.11 bits per heavy atom. The number of benzene rings is 3. The lowest BCUT2D eigenvalue weighted by Gasteiger charge is -2.23. The molecule has 3 aromatic carbocycles. The van der Waals surface area contributed by atoms with Crippen molar-refractivity contribution in [1.82, 2.24) is 4.98 Å². The fourth-order valence-electron chi connectivity index (χ4n) is 4.70. The molecule has 1 atom stereocenters. The lowest BCUT2D eigenvalue weighted by Crippen LogP contribution is -2.25. The average molecular weight is 517 g/mol. The van der Waals surface area contributed by atoms with Gasteiger partial charge in [-0.3, -0.25) is 4.79 Å². The van der Waals surface area contributed by atoms with Crippen LogP contribution in [0.4, 0.5) is 9.52 Å². The molecule has 0 amide bonds. The van der Waals surface area contributed by atoms with E-state index in [1.807, 2.05) is 18.2 Å². The highest BCUT2D eigenvalue weighted by atomic mass is 32.1. The second kappa shape index (κ2) is 11.1. The third-order valence-corrected chi connectivity index (χ3v) is 8.05. The van der Waals surface area contributed by atoms with Crippen LogP contribution in [0.2, 0.25) is 0 Å². The fourth-order valence-corrected chi connectivity index (χ4v) is 5.70. The summed E-state index contributed by atoms with van der Waals surface area (Å²) in [5.74, 6) is -0.406. The number of carbonyl (C=O) groups is 1. The van der Waals surface area contributed by atoms with E-state index < -0.39 is 5.97 Å². The molecule has 0 fully saturated rings. The predicted molar refractivity (Wildman–Crippen MR) is 147 cm³/mol. The standard InChI is InChI=1S/C30H29FN2O3S/c1-36-25-15-7-20(8-16-25)17-18-33(30-32-27-4-2-3-26(31)28(27)37-30)19-21-5-9-22(10-6-21)23-11-13-24(14-12-23)29(34)35/h2-11,15-16,24H,12-14,17-19H2,1H3,(H,34,35). The normalized spacial score (nSPS) is 15.4. The van der Waals surface area contributed by atoms with E-state index in [1.54, 1.807) is 13.2 Å². The van der Waals surface area contributed by atoms with Gasteiger partial charge in [0.15, 0.2) is 5.13 Å². The second-order valence-corrected chi connectivity index (χ2v) is 10.3. The van der Waals surface area contributed by atoms with Gasteiger partial charge in [0.25, 0.3) is 0 Å². The second-order valence-electron chi connectivity index (χ2n) is 9.34. The fraction of sp³-hybridized carbons (Fsp3) is 0.267. The molecule has 190 valence electrons. The summed E-state index contributed by atoms with van der Waals surface area (Å²) in [4.78, 5) is 18.2. The minimum absolute atomic E-state index is 0.244. The van der Waals surface area contributed by atoms with E-state index in [1.165, 1.54) is 28.5 Å². The maximum Gasteiger partial charge on any atom is 0.306 e. The summed E-state index contributed by atoms with van der Waals surface area (Å²) >= 11 is 1.38. The zero-order valence-corrected chi connectivity index (χ0v) is 21.5. The average Bonchev–Trinajstić information content (AvgIpc) is 3.37. The van der Waals surface area contributed by atoms with E-state index in [0.717, 1.165) is 41.4 Å². The first-order valence-corrected chi connectivity index (χ1v) is 13.3. The van der Waals surface area contributed by atoms with Crippen LogP contribution in [0.1, 0.15) is 36.0 Å². The highest BCUT2D eigenvalue weighted by Crippen LogP contribution is 2.33. The van der Waals surface area contributed by atoms with Crippen molar-refractivity contribution in [2.24, 2.45) is 5.92 Å². The number of ether oxygens (including phenoxy) is 1. The number of thiazole rings is 1. The molecule has 5 rings (SSSR count). The number of hydrogen-bond donors (Lipinski definition) is 1. The molecule has 1 aliphatic carbocycles. The molecule has 4 aromatic rings. The summed E-state index contributed by atoms with van der Waals surface area (Å²) in [7, 11) is 1.66. The number of anilines is 1. The largest absolute Gasteiger partial charge is 0.497 e. The van der Waals surface area contributed by atoms with Gasteiger partial charge in [-0.25, -0.2) is 9.37 Å². The lowest BCUT2D eigenvalue weighted by atomic mass is 9.86. The molecule has 0 bridgehead atoms. The Morgan fingerprint density at radius 3 is 2.51 bits per heavy atom. The number of allylic oxidation sites excluding steroid dienone is 2. The Hall–Kier alpha value is -3.71. The maximum atomic E-state index is 14.4. The number of fused-ring (bicyclic) bond motifs is 1. The van der Waals surface area contributed by atoms with Gasteiger partial charge >= 0.3 is 5.97 Å².